The van der Waals surface area contributed by atoms with E-state index in [1.807, 2.05) is 0 Å². The van der Waals surface area contributed by atoms with Gasteiger partial charge in [0.25, 0.3) is 0 Å². The quantitative estimate of drug-likeness (QED) is 0.633. The van der Waals surface area contributed by atoms with Crippen molar-refractivity contribution in [3.05, 3.63) is 56.9 Å². The van der Waals surface area contributed by atoms with Gasteiger partial charge in [-0.3, -0.25) is 0 Å². The first kappa shape index (κ1) is 16.5. The number of halogens is 2. The minimum absolute atomic E-state index is 0.0128. The van der Waals surface area contributed by atoms with E-state index in [4.69, 9.17) is 23.2 Å². The van der Waals surface area contributed by atoms with E-state index in [-0.39, 0.29) is 11.4 Å². The molecule has 112 valence electrons. The molecule has 0 aromatic heterocycles. The molecule has 0 heterocycles. The first-order chi connectivity index (χ1) is 9.88. The number of quaternary nitrogens is 2. The zero-order chi connectivity index (χ0) is 15.6. The predicted molar refractivity (Wildman–Crippen MR) is 78.6 cm³/mol. The zero-order valence-electron chi connectivity index (χ0n) is 10.3. The largest absolute Gasteiger partial charge is 0.595 e. The van der Waals surface area contributed by atoms with Crippen molar-refractivity contribution in [3.63, 3.8) is 0 Å². The van der Waals surface area contributed by atoms with Crippen molar-refractivity contribution in [2.24, 2.45) is 0 Å². The lowest BCUT2D eigenvalue weighted by Crippen LogP contribution is -2.99. The summed E-state index contributed by atoms with van der Waals surface area (Å²) in [5.74, 6) is 0. The third kappa shape index (κ3) is 4.07. The predicted octanol–water partition coefficient (Wildman–Crippen LogP) is 1.95. The van der Waals surface area contributed by atoms with Crippen LogP contribution in [0.4, 0.5) is 11.4 Å². The smallest absolute Gasteiger partial charge is 0.179 e. The van der Waals surface area contributed by atoms with Gasteiger partial charge in [-0.25, -0.2) is 10.4 Å². The first-order valence-corrected chi connectivity index (χ1v) is 7.19. The topological polar surface area (TPSA) is 95.5 Å². The summed E-state index contributed by atoms with van der Waals surface area (Å²) >= 11 is 12.6. The molecule has 2 unspecified atom stereocenters. The van der Waals surface area contributed by atoms with Gasteiger partial charge in [0.15, 0.2) is 11.4 Å². The van der Waals surface area contributed by atoms with Gasteiger partial charge < -0.3 is 10.4 Å². The number of hydrogen-bond acceptors (Lipinski definition) is 5. The third-order valence-corrected chi connectivity index (χ3v) is 4.19. The molecule has 0 bridgehead atoms. The maximum Gasteiger partial charge on any atom is 0.179 e. The van der Waals surface area contributed by atoms with E-state index in [0.717, 1.165) is 11.8 Å². The summed E-state index contributed by atoms with van der Waals surface area (Å²) in [5, 5.41) is 39.1. The summed E-state index contributed by atoms with van der Waals surface area (Å²) in [6, 6.07) is 8.82. The Kier molecular flexibility index (Phi) is 5.44. The van der Waals surface area contributed by atoms with Crippen molar-refractivity contribution in [2.75, 3.05) is 0 Å². The fourth-order valence-electron chi connectivity index (χ4n) is 1.64. The van der Waals surface area contributed by atoms with E-state index >= 15 is 0 Å². The maximum absolute atomic E-state index is 11.2. The number of nitrogens with one attached hydrogen (secondary N) is 2. The van der Waals surface area contributed by atoms with Crippen LogP contribution in [0.1, 0.15) is 0 Å². The number of benzene rings is 2. The van der Waals surface area contributed by atoms with E-state index in [0.29, 0.717) is 19.8 Å². The van der Waals surface area contributed by atoms with Crippen LogP contribution >= 0.6 is 35.0 Å². The highest BCUT2D eigenvalue weighted by molar-refractivity contribution is 7.99. The Labute approximate surface area is 134 Å². The van der Waals surface area contributed by atoms with Crippen LogP contribution in [0.15, 0.2) is 46.2 Å². The molecule has 0 fully saturated rings. The molecule has 6 nitrogen and oxygen atoms in total. The molecule has 2 rings (SSSR count). The minimum Gasteiger partial charge on any atom is -0.595 e. The van der Waals surface area contributed by atoms with E-state index in [1.54, 1.807) is 12.1 Å². The van der Waals surface area contributed by atoms with Crippen LogP contribution in [0.2, 0.25) is 10.0 Å². The molecule has 0 aliphatic heterocycles. The van der Waals surface area contributed by atoms with Crippen molar-refractivity contribution in [1.29, 1.82) is 0 Å². The van der Waals surface area contributed by atoms with Crippen LogP contribution in [0.25, 0.3) is 0 Å². The van der Waals surface area contributed by atoms with Gasteiger partial charge >= 0.3 is 0 Å². The lowest BCUT2D eigenvalue weighted by molar-refractivity contribution is -0.992. The highest BCUT2D eigenvalue weighted by Gasteiger charge is 2.16. The summed E-state index contributed by atoms with van der Waals surface area (Å²) in [6.07, 6.45) is 0. The molecule has 2 aromatic rings. The van der Waals surface area contributed by atoms with Crippen LogP contribution in [0.5, 0.6) is 0 Å². The number of hydrogen-bond donors (Lipinski definition) is 4. The third-order valence-electron chi connectivity index (χ3n) is 2.56. The average molecular weight is 349 g/mol. The monoisotopic (exact) mass is 348 g/mol. The standard InChI is InChI=1S/C12H10Cl2N2O4S/c13-7-1-3-11(9(5-7)15(17)18)21-12-4-2-8(14)6-10(12)16(19)20/h1-6,15-17,19H. The Hall–Kier alpha value is -0.870. The van der Waals surface area contributed by atoms with Gasteiger partial charge in [0.1, 0.15) is 0 Å². The molecule has 2 atom stereocenters. The molecule has 2 aromatic carbocycles. The van der Waals surface area contributed by atoms with Crippen molar-refractivity contribution in [2.45, 2.75) is 9.79 Å². The highest BCUT2D eigenvalue weighted by atomic mass is 35.5. The molecule has 4 N–H and O–H groups in total. The van der Waals surface area contributed by atoms with Gasteiger partial charge in [-0.15, -0.1) is 0 Å². The molecule has 0 saturated carbocycles. The fraction of sp³-hybridized carbons (Fsp3) is 0. The summed E-state index contributed by atoms with van der Waals surface area (Å²) in [4.78, 5) is 0.799. The summed E-state index contributed by atoms with van der Waals surface area (Å²) in [7, 11) is 0. The molecule has 21 heavy (non-hydrogen) atoms. The Morgan fingerprint density at radius 1 is 0.810 bits per heavy atom. The van der Waals surface area contributed by atoms with Gasteiger partial charge in [-0.05, 0) is 24.3 Å². The average Bonchev–Trinajstić information content (AvgIpc) is 2.42. The normalized spacial score (nSPS) is 14.0. The first-order valence-electron chi connectivity index (χ1n) is 5.62. The van der Waals surface area contributed by atoms with Crippen LogP contribution in [-0.4, -0.2) is 10.4 Å². The molecule has 0 aliphatic rings. The van der Waals surface area contributed by atoms with Crippen LogP contribution in [0.3, 0.4) is 0 Å². The Balaban J connectivity index is 2.43. The minimum atomic E-state index is -1.13. The molecule has 0 radical (unpaired) electrons. The van der Waals surface area contributed by atoms with Crippen LogP contribution in [-0.2, 0) is 0 Å². The Morgan fingerprint density at radius 3 is 1.52 bits per heavy atom. The zero-order valence-corrected chi connectivity index (χ0v) is 12.7. The Morgan fingerprint density at radius 2 is 1.19 bits per heavy atom. The fourth-order valence-corrected chi connectivity index (χ4v) is 3.00. The van der Waals surface area contributed by atoms with Gasteiger partial charge in [0.2, 0.25) is 0 Å². The second-order valence-corrected chi connectivity index (χ2v) is 5.95. The van der Waals surface area contributed by atoms with Crippen molar-refractivity contribution < 1.29 is 20.9 Å². The molecular formula is C12H10Cl2N2O4S. The van der Waals surface area contributed by atoms with Crippen molar-refractivity contribution in [1.82, 2.24) is 0 Å². The van der Waals surface area contributed by atoms with Gasteiger partial charge in [-0.1, -0.05) is 35.0 Å². The maximum atomic E-state index is 11.2. The summed E-state index contributed by atoms with van der Waals surface area (Å²) in [5.41, 5.74) is 0.0255. The number of rotatable bonds is 4. The second-order valence-electron chi connectivity index (χ2n) is 3.99. The lowest BCUT2D eigenvalue weighted by Gasteiger charge is -2.18. The van der Waals surface area contributed by atoms with Crippen molar-refractivity contribution >= 4 is 46.3 Å². The molecule has 0 spiro atoms. The van der Waals surface area contributed by atoms with Crippen LogP contribution < -0.4 is 10.5 Å². The van der Waals surface area contributed by atoms with Gasteiger partial charge in [-0.2, -0.15) is 10.5 Å². The summed E-state index contributed by atoms with van der Waals surface area (Å²) < 4.78 is 0. The molecule has 9 heteroatoms. The van der Waals surface area contributed by atoms with E-state index in [2.05, 4.69) is 0 Å². The van der Waals surface area contributed by atoms with E-state index < -0.39 is 10.5 Å². The van der Waals surface area contributed by atoms with Crippen molar-refractivity contribution in [3.8, 4) is 0 Å². The van der Waals surface area contributed by atoms with E-state index in [1.165, 1.54) is 24.3 Å². The van der Waals surface area contributed by atoms with Gasteiger partial charge in [0, 0.05) is 22.2 Å². The van der Waals surface area contributed by atoms with Crippen LogP contribution in [0, 0.1) is 10.4 Å². The second kappa shape index (κ2) is 6.93. The van der Waals surface area contributed by atoms with Gasteiger partial charge in [0.05, 0.1) is 9.79 Å². The molecule has 0 saturated heterocycles. The van der Waals surface area contributed by atoms with E-state index in [9.17, 15) is 20.8 Å². The lowest BCUT2D eigenvalue weighted by atomic mass is 10.3. The molecule has 0 amide bonds. The summed E-state index contributed by atoms with van der Waals surface area (Å²) in [6.45, 7) is 0. The highest BCUT2D eigenvalue weighted by Crippen LogP contribution is 2.37. The Bertz CT molecular complexity index is 600. The molecular weight excluding hydrogens is 339 g/mol. The SMILES string of the molecule is [O-][NH+](O)c1cc(Cl)ccc1Sc1ccc(Cl)cc1[NH+]([O-])O. The molecule has 0 aliphatic carbocycles.